The predicted octanol–water partition coefficient (Wildman–Crippen LogP) is 1.17. The molecule has 2 N–H and O–H groups in total. The standard InChI is InChI=1S/C12H16BrNO3/c1-14(5-6-15)10-7-17-12-8(11(10)16)3-2-4-9(12)13/h2-4,10-11,15-16H,5-7H2,1H3. The molecule has 0 fully saturated rings. The Morgan fingerprint density at radius 2 is 2.29 bits per heavy atom. The van der Waals surface area contributed by atoms with Gasteiger partial charge in [0.2, 0.25) is 0 Å². The van der Waals surface area contributed by atoms with E-state index in [0.717, 1.165) is 10.0 Å². The fourth-order valence-corrected chi connectivity index (χ4v) is 2.57. The molecule has 1 aliphatic heterocycles. The predicted molar refractivity (Wildman–Crippen MR) is 68.1 cm³/mol. The molecule has 0 amide bonds. The number of para-hydroxylation sites is 1. The van der Waals surface area contributed by atoms with E-state index < -0.39 is 6.10 Å². The van der Waals surface area contributed by atoms with Crippen LogP contribution in [0.25, 0.3) is 0 Å². The van der Waals surface area contributed by atoms with Crippen LogP contribution in [0.15, 0.2) is 22.7 Å². The number of hydrogen-bond acceptors (Lipinski definition) is 4. The van der Waals surface area contributed by atoms with Crippen molar-refractivity contribution in [1.29, 1.82) is 0 Å². The van der Waals surface area contributed by atoms with Crippen molar-refractivity contribution in [2.75, 3.05) is 26.8 Å². The third kappa shape index (κ3) is 2.47. The number of benzene rings is 1. The molecule has 2 atom stereocenters. The fraction of sp³-hybridized carbons (Fsp3) is 0.500. The highest BCUT2D eigenvalue weighted by atomic mass is 79.9. The van der Waals surface area contributed by atoms with Crippen molar-refractivity contribution in [2.45, 2.75) is 12.1 Å². The quantitative estimate of drug-likeness (QED) is 0.880. The number of halogens is 1. The molecule has 0 saturated carbocycles. The normalized spacial score (nSPS) is 23.4. The average Bonchev–Trinajstić information content (AvgIpc) is 2.31. The van der Waals surface area contributed by atoms with Gasteiger partial charge in [-0.3, -0.25) is 4.90 Å². The van der Waals surface area contributed by atoms with Crippen LogP contribution >= 0.6 is 15.9 Å². The average molecular weight is 302 g/mol. The molecule has 0 bridgehead atoms. The lowest BCUT2D eigenvalue weighted by atomic mass is 9.98. The van der Waals surface area contributed by atoms with Gasteiger partial charge in [-0.15, -0.1) is 0 Å². The van der Waals surface area contributed by atoms with Gasteiger partial charge in [0.05, 0.1) is 17.1 Å². The highest BCUT2D eigenvalue weighted by molar-refractivity contribution is 9.10. The number of aliphatic hydroxyl groups is 2. The van der Waals surface area contributed by atoms with E-state index in [2.05, 4.69) is 15.9 Å². The van der Waals surface area contributed by atoms with Crippen LogP contribution in [0.2, 0.25) is 0 Å². The molecule has 5 heteroatoms. The first-order valence-electron chi connectivity index (χ1n) is 5.55. The van der Waals surface area contributed by atoms with Gasteiger partial charge in [-0.05, 0) is 29.0 Å². The third-order valence-corrected chi connectivity index (χ3v) is 3.72. The molecule has 0 radical (unpaired) electrons. The lowest BCUT2D eigenvalue weighted by Crippen LogP contribution is -2.45. The van der Waals surface area contributed by atoms with Crippen molar-refractivity contribution in [3.63, 3.8) is 0 Å². The summed E-state index contributed by atoms with van der Waals surface area (Å²) in [5.41, 5.74) is 0.792. The Balaban J connectivity index is 2.24. The molecule has 1 aliphatic rings. The summed E-state index contributed by atoms with van der Waals surface area (Å²) in [6.45, 7) is 1.02. The van der Waals surface area contributed by atoms with Crippen LogP contribution in [0.1, 0.15) is 11.7 Å². The minimum Gasteiger partial charge on any atom is -0.490 e. The summed E-state index contributed by atoms with van der Waals surface area (Å²) >= 11 is 3.41. The van der Waals surface area contributed by atoms with Gasteiger partial charge in [-0.25, -0.2) is 0 Å². The molecule has 0 aromatic heterocycles. The van der Waals surface area contributed by atoms with E-state index in [1.165, 1.54) is 0 Å². The minimum atomic E-state index is -0.590. The van der Waals surface area contributed by atoms with E-state index in [0.29, 0.717) is 18.9 Å². The number of fused-ring (bicyclic) bond motifs is 1. The Morgan fingerprint density at radius 3 is 3.00 bits per heavy atom. The molecule has 2 unspecified atom stereocenters. The molecule has 0 spiro atoms. The first-order chi connectivity index (χ1) is 8.15. The van der Waals surface area contributed by atoms with E-state index in [1.807, 2.05) is 30.1 Å². The summed E-state index contributed by atoms with van der Waals surface area (Å²) in [6, 6.07) is 5.51. The summed E-state index contributed by atoms with van der Waals surface area (Å²) in [4.78, 5) is 1.91. The Bertz CT molecular complexity index is 399. The summed E-state index contributed by atoms with van der Waals surface area (Å²) in [5, 5.41) is 19.2. The molecule has 94 valence electrons. The van der Waals surface area contributed by atoms with Crippen molar-refractivity contribution >= 4 is 15.9 Å². The second-order valence-corrected chi connectivity index (χ2v) is 5.04. The van der Waals surface area contributed by atoms with Crippen molar-refractivity contribution in [3.8, 4) is 5.75 Å². The summed E-state index contributed by atoms with van der Waals surface area (Å²) in [5.74, 6) is 0.716. The van der Waals surface area contributed by atoms with Crippen LogP contribution in [0.5, 0.6) is 5.75 Å². The van der Waals surface area contributed by atoms with E-state index in [1.54, 1.807) is 0 Å². The van der Waals surface area contributed by atoms with E-state index in [-0.39, 0.29) is 12.6 Å². The molecule has 17 heavy (non-hydrogen) atoms. The van der Waals surface area contributed by atoms with Gasteiger partial charge in [-0.2, -0.15) is 0 Å². The molecular weight excluding hydrogens is 286 g/mol. The lowest BCUT2D eigenvalue weighted by molar-refractivity contribution is 0.00917. The van der Waals surface area contributed by atoms with E-state index >= 15 is 0 Å². The van der Waals surface area contributed by atoms with Crippen LogP contribution in [-0.4, -0.2) is 48.0 Å². The Hall–Kier alpha value is -0.620. The Labute approximate surface area is 109 Å². The van der Waals surface area contributed by atoms with Gasteiger partial charge in [0.15, 0.2) is 0 Å². The molecule has 1 heterocycles. The number of likely N-dealkylation sites (N-methyl/N-ethyl adjacent to an activating group) is 1. The second kappa shape index (κ2) is 5.35. The van der Waals surface area contributed by atoms with Crippen LogP contribution in [-0.2, 0) is 0 Å². The van der Waals surface area contributed by atoms with Gasteiger partial charge < -0.3 is 14.9 Å². The van der Waals surface area contributed by atoms with Crippen LogP contribution in [0.4, 0.5) is 0 Å². The maximum atomic E-state index is 10.3. The zero-order valence-electron chi connectivity index (χ0n) is 9.64. The molecule has 4 nitrogen and oxygen atoms in total. The second-order valence-electron chi connectivity index (χ2n) is 4.19. The third-order valence-electron chi connectivity index (χ3n) is 3.10. The van der Waals surface area contributed by atoms with Crippen LogP contribution in [0, 0.1) is 0 Å². The van der Waals surface area contributed by atoms with Gasteiger partial charge in [0, 0.05) is 12.1 Å². The highest BCUT2D eigenvalue weighted by Crippen LogP contribution is 2.38. The van der Waals surface area contributed by atoms with Crippen molar-refractivity contribution in [2.24, 2.45) is 0 Å². The number of nitrogens with zero attached hydrogens (tertiary/aromatic N) is 1. The van der Waals surface area contributed by atoms with Crippen molar-refractivity contribution < 1.29 is 14.9 Å². The van der Waals surface area contributed by atoms with Crippen molar-refractivity contribution in [1.82, 2.24) is 4.90 Å². The first kappa shape index (κ1) is 12.8. The van der Waals surface area contributed by atoms with Crippen LogP contribution < -0.4 is 4.74 Å². The van der Waals surface area contributed by atoms with Crippen molar-refractivity contribution in [3.05, 3.63) is 28.2 Å². The zero-order chi connectivity index (χ0) is 12.4. The summed E-state index contributed by atoms with van der Waals surface area (Å²) in [6.07, 6.45) is -0.590. The Morgan fingerprint density at radius 1 is 1.53 bits per heavy atom. The molecule has 0 aliphatic carbocycles. The topological polar surface area (TPSA) is 52.9 Å². The number of hydrogen-bond donors (Lipinski definition) is 2. The van der Waals surface area contributed by atoms with E-state index in [9.17, 15) is 5.11 Å². The monoisotopic (exact) mass is 301 g/mol. The molecule has 0 saturated heterocycles. The molecule has 2 rings (SSSR count). The Kier molecular flexibility index (Phi) is 4.04. The lowest BCUT2D eigenvalue weighted by Gasteiger charge is -2.36. The largest absolute Gasteiger partial charge is 0.490 e. The maximum Gasteiger partial charge on any atom is 0.139 e. The summed E-state index contributed by atoms with van der Waals surface area (Å²) in [7, 11) is 1.87. The number of rotatable bonds is 3. The first-order valence-corrected chi connectivity index (χ1v) is 6.35. The van der Waals surface area contributed by atoms with Gasteiger partial charge in [0.25, 0.3) is 0 Å². The van der Waals surface area contributed by atoms with Gasteiger partial charge in [-0.1, -0.05) is 12.1 Å². The zero-order valence-corrected chi connectivity index (χ0v) is 11.2. The fourth-order valence-electron chi connectivity index (χ4n) is 2.07. The number of ether oxygens (including phenoxy) is 1. The summed E-state index contributed by atoms with van der Waals surface area (Å²) < 4.78 is 6.53. The maximum absolute atomic E-state index is 10.3. The number of aliphatic hydroxyl groups excluding tert-OH is 2. The smallest absolute Gasteiger partial charge is 0.139 e. The SMILES string of the molecule is CN(CCO)C1COc2c(Br)cccc2C1O. The minimum absolute atomic E-state index is 0.0745. The van der Waals surface area contributed by atoms with Gasteiger partial charge in [0.1, 0.15) is 18.5 Å². The van der Waals surface area contributed by atoms with Crippen LogP contribution in [0.3, 0.4) is 0 Å². The van der Waals surface area contributed by atoms with Gasteiger partial charge >= 0.3 is 0 Å². The van der Waals surface area contributed by atoms with E-state index in [4.69, 9.17) is 9.84 Å². The molecule has 1 aromatic carbocycles. The molecule has 1 aromatic rings. The molecular formula is C12H16BrNO3. The highest BCUT2D eigenvalue weighted by Gasteiger charge is 2.32.